The summed E-state index contributed by atoms with van der Waals surface area (Å²) in [4.78, 5) is 18.6. The number of nitrogens with zero attached hydrogens (tertiary/aromatic N) is 5. The molecule has 0 saturated heterocycles. The van der Waals surface area contributed by atoms with Crippen molar-refractivity contribution >= 4 is 46.7 Å². The first kappa shape index (κ1) is 22.3. The van der Waals surface area contributed by atoms with Crippen LogP contribution < -0.4 is 10.6 Å². The third-order valence-electron chi connectivity index (χ3n) is 5.37. The lowest BCUT2D eigenvalue weighted by Crippen LogP contribution is -2.47. The first-order valence-electron chi connectivity index (χ1n) is 10.0. The lowest BCUT2D eigenvalue weighted by atomic mass is 10.00. The normalized spacial score (nSPS) is 17.2. The summed E-state index contributed by atoms with van der Waals surface area (Å²) in [5.41, 5.74) is 3.15. The number of aryl methyl sites for hydroxylation is 1. The second kappa shape index (κ2) is 8.93. The standard InChI is InChI=1S/C22H24ClN7OS/c1-14-27-28-21(32-13-18(31)25-16-8-6-12-24-20(16)23)30(14)17-9-5-7-15-10-11-22(2,29(3)4)26-19(15)17/h5-12,26H,13H2,1-4H3,(H,25,31)/t22-/m0/s1. The fraction of sp³-hybridized carbons (Fsp3) is 0.273. The van der Waals surface area contributed by atoms with E-state index in [1.165, 1.54) is 11.8 Å². The number of pyridine rings is 1. The van der Waals surface area contributed by atoms with Gasteiger partial charge in [0.1, 0.15) is 11.5 Å². The minimum atomic E-state index is -0.332. The summed E-state index contributed by atoms with van der Waals surface area (Å²) in [6.45, 7) is 4.02. The molecule has 3 aromatic rings. The summed E-state index contributed by atoms with van der Waals surface area (Å²) in [5, 5.41) is 15.9. The van der Waals surface area contributed by atoms with Gasteiger partial charge in [0, 0.05) is 6.20 Å². The van der Waals surface area contributed by atoms with Crippen molar-refractivity contribution in [2.75, 3.05) is 30.5 Å². The molecule has 0 bridgehead atoms. The Kier molecular flexibility index (Phi) is 6.23. The number of halogens is 1. The minimum Gasteiger partial charge on any atom is -0.362 e. The summed E-state index contributed by atoms with van der Waals surface area (Å²) in [6.07, 6.45) is 5.83. The summed E-state index contributed by atoms with van der Waals surface area (Å²) >= 11 is 7.34. The highest BCUT2D eigenvalue weighted by Gasteiger charge is 2.29. The molecule has 0 aliphatic carbocycles. The van der Waals surface area contributed by atoms with Crippen molar-refractivity contribution < 1.29 is 4.79 Å². The third-order valence-corrected chi connectivity index (χ3v) is 6.60. The number of aromatic nitrogens is 4. The van der Waals surface area contributed by atoms with E-state index in [-0.39, 0.29) is 22.5 Å². The predicted octanol–water partition coefficient (Wildman–Crippen LogP) is 4.07. The molecule has 166 valence electrons. The fourth-order valence-corrected chi connectivity index (χ4v) is 4.29. The first-order chi connectivity index (χ1) is 15.3. The second-order valence-electron chi connectivity index (χ2n) is 7.79. The highest BCUT2D eigenvalue weighted by molar-refractivity contribution is 7.99. The molecular weight excluding hydrogens is 446 g/mol. The number of rotatable bonds is 6. The van der Waals surface area contributed by atoms with Gasteiger partial charge < -0.3 is 10.6 Å². The van der Waals surface area contributed by atoms with E-state index in [0.29, 0.717) is 10.8 Å². The molecule has 10 heteroatoms. The van der Waals surface area contributed by atoms with E-state index in [9.17, 15) is 4.79 Å². The zero-order chi connectivity index (χ0) is 22.9. The smallest absolute Gasteiger partial charge is 0.234 e. The van der Waals surface area contributed by atoms with E-state index in [0.717, 1.165) is 22.8 Å². The van der Waals surface area contributed by atoms with E-state index in [2.05, 4.69) is 55.9 Å². The van der Waals surface area contributed by atoms with E-state index in [1.807, 2.05) is 37.7 Å². The van der Waals surface area contributed by atoms with Crippen LogP contribution in [0.1, 0.15) is 18.3 Å². The molecule has 0 unspecified atom stereocenters. The van der Waals surface area contributed by atoms with Crippen LogP contribution in [0.4, 0.5) is 11.4 Å². The van der Waals surface area contributed by atoms with Gasteiger partial charge in [0.05, 0.1) is 22.8 Å². The Bertz CT molecular complexity index is 1190. The lowest BCUT2D eigenvalue weighted by Gasteiger charge is -2.39. The number of hydrogen-bond acceptors (Lipinski definition) is 7. The third kappa shape index (κ3) is 4.36. The Morgan fingerprint density at radius 3 is 2.84 bits per heavy atom. The quantitative estimate of drug-likeness (QED) is 0.415. The van der Waals surface area contributed by atoms with Crippen LogP contribution in [-0.4, -0.2) is 56.1 Å². The molecule has 1 aromatic carbocycles. The average Bonchev–Trinajstić information content (AvgIpc) is 3.13. The van der Waals surface area contributed by atoms with Gasteiger partial charge >= 0.3 is 0 Å². The molecule has 0 fully saturated rings. The highest BCUT2D eigenvalue weighted by atomic mass is 35.5. The number of anilines is 2. The number of fused-ring (bicyclic) bond motifs is 1. The van der Waals surface area contributed by atoms with Gasteiger partial charge in [-0.05, 0) is 57.8 Å². The Hall–Kier alpha value is -2.88. The molecule has 4 rings (SSSR count). The van der Waals surface area contributed by atoms with Crippen LogP contribution >= 0.6 is 23.4 Å². The number of para-hydroxylation sites is 1. The maximum atomic E-state index is 12.5. The molecule has 0 saturated carbocycles. The molecule has 0 radical (unpaired) electrons. The second-order valence-corrected chi connectivity index (χ2v) is 9.09. The van der Waals surface area contributed by atoms with Gasteiger partial charge in [0.15, 0.2) is 10.3 Å². The monoisotopic (exact) mass is 469 g/mol. The highest BCUT2D eigenvalue weighted by Crippen LogP contribution is 2.36. The number of carbonyl (C=O) groups excluding carboxylic acids is 1. The van der Waals surface area contributed by atoms with E-state index in [4.69, 9.17) is 11.6 Å². The summed E-state index contributed by atoms with van der Waals surface area (Å²) in [7, 11) is 4.06. The Morgan fingerprint density at radius 2 is 2.09 bits per heavy atom. The predicted molar refractivity (Wildman–Crippen MR) is 129 cm³/mol. The van der Waals surface area contributed by atoms with Gasteiger partial charge in [0.2, 0.25) is 5.91 Å². The first-order valence-corrected chi connectivity index (χ1v) is 11.4. The molecule has 3 heterocycles. The topological polar surface area (TPSA) is 88.0 Å². The van der Waals surface area contributed by atoms with E-state index >= 15 is 0 Å². The summed E-state index contributed by atoms with van der Waals surface area (Å²) in [5.74, 6) is 0.689. The van der Waals surface area contributed by atoms with Crippen LogP contribution in [0.5, 0.6) is 0 Å². The maximum Gasteiger partial charge on any atom is 0.234 e. The molecule has 1 aliphatic heterocycles. The largest absolute Gasteiger partial charge is 0.362 e. The molecule has 2 aromatic heterocycles. The SMILES string of the molecule is Cc1nnc(SCC(=O)Nc2cccnc2Cl)n1-c1cccc2c1N[C@@](C)(N(C)C)C=C2. The van der Waals surface area contributed by atoms with Crippen molar-refractivity contribution in [1.82, 2.24) is 24.6 Å². The number of hydrogen-bond donors (Lipinski definition) is 2. The number of benzene rings is 1. The van der Waals surface area contributed by atoms with Crippen LogP contribution in [0.3, 0.4) is 0 Å². The number of likely N-dealkylation sites (N-methyl/N-ethyl adjacent to an activating group) is 1. The summed E-state index contributed by atoms with van der Waals surface area (Å²) in [6, 6.07) is 9.52. The maximum absolute atomic E-state index is 12.5. The van der Waals surface area contributed by atoms with Crippen molar-refractivity contribution in [2.24, 2.45) is 0 Å². The number of nitrogens with one attached hydrogen (secondary N) is 2. The van der Waals surface area contributed by atoms with Gasteiger partial charge in [0.25, 0.3) is 0 Å². The molecule has 2 N–H and O–H groups in total. The van der Waals surface area contributed by atoms with Gasteiger partial charge in [-0.2, -0.15) is 0 Å². The summed E-state index contributed by atoms with van der Waals surface area (Å²) < 4.78 is 1.97. The average molecular weight is 470 g/mol. The van der Waals surface area contributed by atoms with E-state index < -0.39 is 0 Å². The van der Waals surface area contributed by atoms with Crippen molar-refractivity contribution in [3.05, 3.63) is 59.1 Å². The van der Waals surface area contributed by atoms with Crippen LogP contribution in [0, 0.1) is 6.92 Å². The van der Waals surface area contributed by atoms with Crippen molar-refractivity contribution in [2.45, 2.75) is 24.7 Å². The Morgan fingerprint density at radius 1 is 1.28 bits per heavy atom. The molecular formula is C22H24ClN7OS. The molecule has 1 aliphatic rings. The fourth-order valence-electron chi connectivity index (χ4n) is 3.34. The van der Waals surface area contributed by atoms with Gasteiger partial charge in [-0.15, -0.1) is 10.2 Å². The van der Waals surface area contributed by atoms with Gasteiger partial charge in [-0.25, -0.2) is 4.98 Å². The van der Waals surface area contributed by atoms with Gasteiger partial charge in [-0.1, -0.05) is 41.6 Å². The van der Waals surface area contributed by atoms with E-state index in [1.54, 1.807) is 18.3 Å². The lowest BCUT2D eigenvalue weighted by molar-refractivity contribution is -0.113. The van der Waals surface area contributed by atoms with Crippen LogP contribution in [-0.2, 0) is 4.79 Å². The molecule has 1 atom stereocenters. The minimum absolute atomic E-state index is 0.154. The molecule has 0 spiro atoms. The molecule has 8 nitrogen and oxygen atoms in total. The zero-order valence-electron chi connectivity index (χ0n) is 18.3. The van der Waals surface area contributed by atoms with Crippen LogP contribution in [0.25, 0.3) is 11.8 Å². The van der Waals surface area contributed by atoms with Crippen molar-refractivity contribution in [3.63, 3.8) is 0 Å². The van der Waals surface area contributed by atoms with Crippen molar-refractivity contribution in [1.29, 1.82) is 0 Å². The number of amides is 1. The van der Waals surface area contributed by atoms with Gasteiger partial charge in [-0.3, -0.25) is 14.3 Å². The Balaban J connectivity index is 1.59. The molecule has 1 amide bonds. The van der Waals surface area contributed by atoms with Crippen molar-refractivity contribution in [3.8, 4) is 5.69 Å². The zero-order valence-corrected chi connectivity index (χ0v) is 19.8. The number of thioether (sulfide) groups is 1. The molecule has 32 heavy (non-hydrogen) atoms. The Labute approximate surface area is 196 Å². The number of carbonyl (C=O) groups is 1. The van der Waals surface area contributed by atoms with Crippen LogP contribution in [0.15, 0.2) is 47.8 Å². The van der Waals surface area contributed by atoms with Crippen LogP contribution in [0.2, 0.25) is 5.15 Å².